The maximum atomic E-state index is 5.65. The van der Waals surface area contributed by atoms with Crippen molar-refractivity contribution in [3.05, 3.63) is 18.1 Å². The lowest BCUT2D eigenvalue weighted by Gasteiger charge is -2.31. The maximum Gasteiger partial charge on any atom is 0.205 e. The number of nitrogens with zero attached hydrogens (tertiary/aromatic N) is 5. The zero-order chi connectivity index (χ0) is 12.5. The highest BCUT2D eigenvalue weighted by Gasteiger charge is 2.22. The molecule has 2 aromatic rings. The Kier molecular flexibility index (Phi) is 2.91. The Morgan fingerprint density at radius 2 is 2.17 bits per heavy atom. The predicted octanol–water partition coefficient (Wildman–Crippen LogP) is 1.47. The van der Waals surface area contributed by atoms with Crippen LogP contribution in [-0.4, -0.2) is 32.2 Å². The van der Waals surface area contributed by atoms with Crippen LogP contribution in [0.3, 0.4) is 0 Å². The van der Waals surface area contributed by atoms with Crippen LogP contribution in [0.15, 0.2) is 12.3 Å². The van der Waals surface area contributed by atoms with Gasteiger partial charge in [0.2, 0.25) is 5.13 Å². The number of anilines is 2. The number of aryl methyl sites for hydroxylation is 1. The smallest absolute Gasteiger partial charge is 0.205 e. The summed E-state index contributed by atoms with van der Waals surface area (Å²) in [6, 6.07) is 2.30. The number of rotatable bonds is 2. The second kappa shape index (κ2) is 4.56. The van der Waals surface area contributed by atoms with Gasteiger partial charge in [0.1, 0.15) is 11.6 Å². The van der Waals surface area contributed by atoms with Gasteiger partial charge >= 0.3 is 0 Å². The summed E-state index contributed by atoms with van der Waals surface area (Å²) in [6.45, 7) is 3.93. The molecule has 0 aliphatic carbocycles. The Morgan fingerprint density at radius 1 is 1.39 bits per heavy atom. The SMILES string of the molecule is Cc1nsc(N2CCC(n3ccc(N)n3)CC2)n1. The number of nitrogen functional groups attached to an aromatic ring is 1. The van der Waals surface area contributed by atoms with E-state index < -0.39 is 0 Å². The molecular formula is C11H16N6S. The van der Waals surface area contributed by atoms with Gasteiger partial charge in [0.05, 0.1) is 6.04 Å². The second-order valence-electron chi connectivity index (χ2n) is 4.56. The van der Waals surface area contributed by atoms with E-state index in [-0.39, 0.29) is 0 Å². The van der Waals surface area contributed by atoms with Crippen LogP contribution in [0.2, 0.25) is 0 Å². The van der Waals surface area contributed by atoms with Crippen molar-refractivity contribution in [2.75, 3.05) is 23.7 Å². The van der Waals surface area contributed by atoms with E-state index in [0.717, 1.165) is 36.9 Å². The van der Waals surface area contributed by atoms with E-state index in [1.54, 1.807) is 0 Å². The molecule has 0 bridgehead atoms. The Morgan fingerprint density at radius 3 is 2.72 bits per heavy atom. The minimum atomic E-state index is 0.451. The van der Waals surface area contributed by atoms with Gasteiger partial charge in [0, 0.05) is 30.8 Å². The molecule has 96 valence electrons. The molecule has 0 atom stereocenters. The average Bonchev–Trinajstić information content (AvgIpc) is 2.98. The molecule has 3 rings (SSSR count). The molecule has 0 amide bonds. The van der Waals surface area contributed by atoms with Gasteiger partial charge in [-0.15, -0.1) is 0 Å². The van der Waals surface area contributed by atoms with Gasteiger partial charge in [0.15, 0.2) is 0 Å². The largest absolute Gasteiger partial charge is 0.382 e. The minimum Gasteiger partial charge on any atom is -0.382 e. The van der Waals surface area contributed by atoms with E-state index in [9.17, 15) is 0 Å². The molecule has 1 aliphatic heterocycles. The molecule has 0 saturated carbocycles. The van der Waals surface area contributed by atoms with E-state index in [1.807, 2.05) is 23.9 Å². The summed E-state index contributed by atoms with van der Waals surface area (Å²) >= 11 is 1.48. The first-order valence-electron chi connectivity index (χ1n) is 6.08. The van der Waals surface area contributed by atoms with Crippen LogP contribution in [0.25, 0.3) is 0 Å². The van der Waals surface area contributed by atoms with Gasteiger partial charge in [-0.3, -0.25) is 4.68 Å². The van der Waals surface area contributed by atoms with Gasteiger partial charge in [0.25, 0.3) is 0 Å². The zero-order valence-corrected chi connectivity index (χ0v) is 11.1. The van der Waals surface area contributed by atoms with Gasteiger partial charge < -0.3 is 10.6 Å². The third-order valence-electron chi connectivity index (χ3n) is 3.25. The van der Waals surface area contributed by atoms with Crippen molar-refractivity contribution in [2.45, 2.75) is 25.8 Å². The molecular weight excluding hydrogens is 248 g/mol. The molecule has 0 aromatic carbocycles. The number of nitrogens with two attached hydrogens (primary N) is 1. The third-order valence-corrected chi connectivity index (χ3v) is 4.12. The van der Waals surface area contributed by atoms with Crippen molar-refractivity contribution < 1.29 is 0 Å². The molecule has 18 heavy (non-hydrogen) atoms. The van der Waals surface area contributed by atoms with Crippen LogP contribution in [0.4, 0.5) is 10.9 Å². The van der Waals surface area contributed by atoms with Gasteiger partial charge in [-0.2, -0.15) is 9.47 Å². The lowest BCUT2D eigenvalue weighted by molar-refractivity contribution is 0.367. The molecule has 2 aromatic heterocycles. The van der Waals surface area contributed by atoms with Gasteiger partial charge in [-0.05, 0) is 25.8 Å². The fourth-order valence-corrected chi connectivity index (χ4v) is 3.02. The Hall–Kier alpha value is -1.63. The van der Waals surface area contributed by atoms with E-state index in [2.05, 4.69) is 19.4 Å². The first-order chi connectivity index (χ1) is 8.72. The van der Waals surface area contributed by atoms with Crippen LogP contribution >= 0.6 is 11.5 Å². The van der Waals surface area contributed by atoms with Crippen molar-refractivity contribution in [2.24, 2.45) is 0 Å². The van der Waals surface area contributed by atoms with Crippen LogP contribution in [-0.2, 0) is 0 Å². The van der Waals surface area contributed by atoms with Gasteiger partial charge in [-0.25, -0.2) is 4.98 Å². The first-order valence-corrected chi connectivity index (χ1v) is 6.85. The van der Waals surface area contributed by atoms with Crippen molar-refractivity contribution >= 4 is 22.5 Å². The van der Waals surface area contributed by atoms with Crippen LogP contribution in [0, 0.1) is 6.92 Å². The number of hydrogen-bond acceptors (Lipinski definition) is 6. The summed E-state index contributed by atoms with van der Waals surface area (Å²) in [7, 11) is 0. The Labute approximate surface area is 110 Å². The summed E-state index contributed by atoms with van der Waals surface area (Å²) in [5.41, 5.74) is 5.65. The molecule has 1 aliphatic rings. The highest BCUT2D eigenvalue weighted by Crippen LogP contribution is 2.27. The minimum absolute atomic E-state index is 0.451. The summed E-state index contributed by atoms with van der Waals surface area (Å²) in [6.07, 6.45) is 4.10. The van der Waals surface area contributed by atoms with Crippen molar-refractivity contribution in [3.8, 4) is 0 Å². The first kappa shape index (κ1) is 11.5. The average molecular weight is 264 g/mol. The number of piperidine rings is 1. The van der Waals surface area contributed by atoms with Crippen molar-refractivity contribution in [1.29, 1.82) is 0 Å². The second-order valence-corrected chi connectivity index (χ2v) is 5.29. The molecule has 3 heterocycles. The third kappa shape index (κ3) is 2.17. The quantitative estimate of drug-likeness (QED) is 0.889. The number of hydrogen-bond donors (Lipinski definition) is 1. The maximum absolute atomic E-state index is 5.65. The fraction of sp³-hybridized carbons (Fsp3) is 0.545. The molecule has 1 saturated heterocycles. The summed E-state index contributed by atoms with van der Waals surface area (Å²) in [5, 5.41) is 5.32. The van der Waals surface area contributed by atoms with Gasteiger partial charge in [-0.1, -0.05) is 0 Å². The van der Waals surface area contributed by atoms with E-state index >= 15 is 0 Å². The van der Waals surface area contributed by atoms with E-state index in [4.69, 9.17) is 5.73 Å². The van der Waals surface area contributed by atoms with E-state index in [1.165, 1.54) is 11.5 Å². The highest BCUT2D eigenvalue weighted by atomic mass is 32.1. The Balaban J connectivity index is 1.64. The molecule has 2 N–H and O–H groups in total. The van der Waals surface area contributed by atoms with Crippen LogP contribution in [0.1, 0.15) is 24.7 Å². The normalized spacial score (nSPS) is 17.3. The zero-order valence-electron chi connectivity index (χ0n) is 10.3. The van der Waals surface area contributed by atoms with E-state index in [0.29, 0.717) is 11.9 Å². The molecule has 0 spiro atoms. The predicted molar refractivity (Wildman–Crippen MR) is 71.8 cm³/mol. The molecule has 0 unspecified atom stereocenters. The molecule has 0 radical (unpaired) electrons. The van der Waals surface area contributed by atoms with Crippen molar-refractivity contribution in [1.82, 2.24) is 19.1 Å². The standard InChI is InChI=1S/C11H16N6S/c1-8-13-11(18-15-8)16-5-2-9(3-6-16)17-7-4-10(12)14-17/h4,7,9H,2-3,5-6H2,1H3,(H2,12,14). The fourth-order valence-electron chi connectivity index (χ4n) is 2.29. The number of aromatic nitrogens is 4. The lowest BCUT2D eigenvalue weighted by atomic mass is 10.1. The van der Waals surface area contributed by atoms with Crippen LogP contribution in [0.5, 0.6) is 0 Å². The summed E-state index contributed by atoms with van der Waals surface area (Å²) in [4.78, 5) is 6.73. The highest BCUT2D eigenvalue weighted by molar-refractivity contribution is 7.09. The molecule has 6 nitrogen and oxygen atoms in total. The lowest BCUT2D eigenvalue weighted by Crippen LogP contribution is -2.34. The Bertz CT molecular complexity index is 477. The molecule has 1 fully saturated rings. The topological polar surface area (TPSA) is 72.9 Å². The van der Waals surface area contributed by atoms with Crippen LogP contribution < -0.4 is 10.6 Å². The molecule has 7 heteroatoms. The van der Waals surface area contributed by atoms with Crippen molar-refractivity contribution in [3.63, 3.8) is 0 Å². The summed E-state index contributed by atoms with van der Waals surface area (Å²) in [5.74, 6) is 1.45. The monoisotopic (exact) mass is 264 g/mol. The summed E-state index contributed by atoms with van der Waals surface area (Å²) < 4.78 is 6.21.